The molecule has 0 fully saturated rings. The summed E-state index contributed by atoms with van der Waals surface area (Å²) >= 11 is 0. The quantitative estimate of drug-likeness (QED) is 0.816. The van der Waals surface area contributed by atoms with Gasteiger partial charge in [-0.15, -0.1) is 0 Å². The summed E-state index contributed by atoms with van der Waals surface area (Å²) in [6.45, 7) is 1.18. The van der Waals surface area contributed by atoms with Crippen molar-refractivity contribution < 1.29 is 9.13 Å². The van der Waals surface area contributed by atoms with E-state index in [-0.39, 0.29) is 5.56 Å². The number of halogens is 1. The fraction of sp³-hybridized carbons (Fsp3) is 0.188. The van der Waals surface area contributed by atoms with Crippen molar-refractivity contribution in [3.63, 3.8) is 0 Å². The van der Waals surface area contributed by atoms with Crippen LogP contribution < -0.4 is 10.1 Å². The molecular formula is C16H15FN2O. The summed E-state index contributed by atoms with van der Waals surface area (Å²) in [7, 11) is 0. The lowest BCUT2D eigenvalue weighted by molar-refractivity contribution is 0.315. The second-order valence-corrected chi connectivity index (χ2v) is 4.22. The van der Waals surface area contributed by atoms with Gasteiger partial charge in [0.15, 0.2) is 0 Å². The molecule has 0 spiro atoms. The predicted octanol–water partition coefficient (Wildman–Crippen LogP) is 3.58. The number of hydrogen-bond donors (Lipinski definition) is 1. The molecule has 0 aliphatic carbocycles. The highest BCUT2D eigenvalue weighted by atomic mass is 19.1. The number of hydrogen-bond acceptors (Lipinski definition) is 3. The number of anilines is 1. The molecule has 0 amide bonds. The fourth-order valence-electron chi connectivity index (χ4n) is 1.79. The van der Waals surface area contributed by atoms with Crippen molar-refractivity contribution in [3.8, 4) is 11.8 Å². The average Bonchev–Trinajstić information content (AvgIpc) is 2.48. The summed E-state index contributed by atoms with van der Waals surface area (Å²) < 4.78 is 18.9. The zero-order valence-corrected chi connectivity index (χ0v) is 11.0. The highest BCUT2D eigenvalue weighted by molar-refractivity contribution is 5.57. The number of nitriles is 1. The first-order valence-corrected chi connectivity index (χ1v) is 6.41. The van der Waals surface area contributed by atoms with Crippen molar-refractivity contribution in [2.75, 3.05) is 18.5 Å². The van der Waals surface area contributed by atoms with Crippen molar-refractivity contribution in [3.05, 3.63) is 59.9 Å². The minimum atomic E-state index is -0.502. The Bertz CT molecular complexity index is 593. The van der Waals surface area contributed by atoms with Crippen LogP contribution in [0.1, 0.15) is 12.0 Å². The second-order valence-electron chi connectivity index (χ2n) is 4.22. The van der Waals surface area contributed by atoms with E-state index >= 15 is 0 Å². The lowest BCUT2D eigenvalue weighted by Crippen LogP contribution is -2.08. The molecule has 0 aliphatic heterocycles. The largest absolute Gasteiger partial charge is 0.494 e. The van der Waals surface area contributed by atoms with Crippen molar-refractivity contribution in [1.29, 1.82) is 5.26 Å². The molecule has 0 radical (unpaired) electrons. The predicted molar refractivity (Wildman–Crippen MR) is 76.2 cm³/mol. The van der Waals surface area contributed by atoms with Crippen LogP contribution in [0.2, 0.25) is 0 Å². The standard InChI is InChI=1S/C16H15FN2O/c17-15-8-4-9-16(14(15)12-18)19-10-5-11-20-13-6-2-1-3-7-13/h1-4,6-9,19H,5,10-11H2. The lowest BCUT2D eigenvalue weighted by atomic mass is 10.2. The molecule has 0 saturated carbocycles. The molecule has 2 aromatic rings. The molecule has 0 heterocycles. The van der Waals surface area contributed by atoms with E-state index in [2.05, 4.69) is 5.32 Å². The van der Waals surface area contributed by atoms with Crippen LogP contribution in [0.3, 0.4) is 0 Å². The number of benzene rings is 2. The number of nitrogens with zero attached hydrogens (tertiary/aromatic N) is 1. The van der Waals surface area contributed by atoms with Crippen LogP contribution in [0.5, 0.6) is 5.75 Å². The van der Waals surface area contributed by atoms with Crippen LogP contribution in [0.25, 0.3) is 0 Å². The summed E-state index contributed by atoms with van der Waals surface area (Å²) in [5, 5.41) is 11.9. The van der Waals surface area contributed by atoms with Gasteiger partial charge < -0.3 is 10.1 Å². The fourth-order valence-corrected chi connectivity index (χ4v) is 1.79. The summed E-state index contributed by atoms with van der Waals surface area (Å²) in [6.07, 6.45) is 0.760. The summed E-state index contributed by atoms with van der Waals surface area (Å²) in [6, 6.07) is 16.0. The molecule has 0 unspecified atom stereocenters. The van der Waals surface area contributed by atoms with E-state index in [0.29, 0.717) is 18.8 Å². The van der Waals surface area contributed by atoms with Gasteiger partial charge in [0.05, 0.1) is 12.3 Å². The SMILES string of the molecule is N#Cc1c(F)cccc1NCCCOc1ccccc1. The van der Waals surface area contributed by atoms with Gasteiger partial charge in [0.25, 0.3) is 0 Å². The molecule has 0 aromatic heterocycles. The third-order valence-electron chi connectivity index (χ3n) is 2.77. The second kappa shape index (κ2) is 7.15. The minimum absolute atomic E-state index is 0.0523. The molecule has 3 nitrogen and oxygen atoms in total. The topological polar surface area (TPSA) is 45.0 Å². The Hall–Kier alpha value is -2.54. The molecule has 0 saturated heterocycles. The Kier molecular flexibility index (Phi) is 4.96. The Labute approximate surface area is 117 Å². The van der Waals surface area contributed by atoms with Crippen LogP contribution in [0.15, 0.2) is 48.5 Å². The average molecular weight is 270 g/mol. The number of para-hydroxylation sites is 1. The maximum atomic E-state index is 13.4. The Morgan fingerprint density at radius 1 is 1.10 bits per heavy atom. The van der Waals surface area contributed by atoms with Gasteiger partial charge in [-0.3, -0.25) is 0 Å². The monoisotopic (exact) mass is 270 g/mol. The van der Waals surface area contributed by atoms with E-state index in [4.69, 9.17) is 10.00 Å². The number of rotatable bonds is 6. The van der Waals surface area contributed by atoms with Crippen LogP contribution in [0.4, 0.5) is 10.1 Å². The third kappa shape index (κ3) is 3.72. The van der Waals surface area contributed by atoms with Gasteiger partial charge in [0.1, 0.15) is 23.2 Å². The zero-order chi connectivity index (χ0) is 14.2. The van der Waals surface area contributed by atoms with E-state index in [1.165, 1.54) is 6.07 Å². The number of ether oxygens (including phenoxy) is 1. The first kappa shape index (κ1) is 13.9. The van der Waals surface area contributed by atoms with E-state index in [1.54, 1.807) is 12.1 Å². The zero-order valence-electron chi connectivity index (χ0n) is 11.0. The smallest absolute Gasteiger partial charge is 0.143 e. The first-order chi connectivity index (χ1) is 9.81. The van der Waals surface area contributed by atoms with E-state index in [0.717, 1.165) is 12.2 Å². The van der Waals surface area contributed by atoms with E-state index in [9.17, 15) is 4.39 Å². The van der Waals surface area contributed by atoms with Crippen LogP contribution in [-0.2, 0) is 0 Å². The molecule has 1 N–H and O–H groups in total. The van der Waals surface area contributed by atoms with Gasteiger partial charge >= 0.3 is 0 Å². The maximum Gasteiger partial charge on any atom is 0.143 e. The van der Waals surface area contributed by atoms with Crippen LogP contribution in [-0.4, -0.2) is 13.2 Å². The number of nitrogens with one attached hydrogen (secondary N) is 1. The van der Waals surface area contributed by atoms with Gasteiger partial charge in [-0.2, -0.15) is 5.26 Å². The van der Waals surface area contributed by atoms with Crippen LogP contribution >= 0.6 is 0 Å². The van der Waals surface area contributed by atoms with Gasteiger partial charge in [-0.1, -0.05) is 24.3 Å². The van der Waals surface area contributed by atoms with Gasteiger partial charge in [0, 0.05) is 6.54 Å². The van der Waals surface area contributed by atoms with Crippen LogP contribution in [0, 0.1) is 17.1 Å². The normalized spacial score (nSPS) is 9.80. The molecule has 0 atom stereocenters. The Morgan fingerprint density at radius 3 is 2.65 bits per heavy atom. The maximum absolute atomic E-state index is 13.4. The van der Waals surface area contributed by atoms with E-state index < -0.39 is 5.82 Å². The van der Waals surface area contributed by atoms with Crippen molar-refractivity contribution in [2.45, 2.75) is 6.42 Å². The van der Waals surface area contributed by atoms with Crippen molar-refractivity contribution in [2.24, 2.45) is 0 Å². The molecule has 0 aliphatic rings. The Balaban J connectivity index is 1.77. The molecule has 102 valence electrons. The molecular weight excluding hydrogens is 255 g/mol. The lowest BCUT2D eigenvalue weighted by Gasteiger charge is -2.09. The van der Waals surface area contributed by atoms with Crippen molar-refractivity contribution >= 4 is 5.69 Å². The summed E-state index contributed by atoms with van der Waals surface area (Å²) in [5.41, 5.74) is 0.573. The molecule has 2 rings (SSSR count). The van der Waals surface area contributed by atoms with Gasteiger partial charge in [-0.05, 0) is 30.7 Å². The molecule has 4 heteroatoms. The van der Waals surface area contributed by atoms with Crippen molar-refractivity contribution in [1.82, 2.24) is 0 Å². The molecule has 2 aromatic carbocycles. The summed E-state index contributed by atoms with van der Waals surface area (Å²) in [5.74, 6) is 0.328. The van der Waals surface area contributed by atoms with Gasteiger partial charge in [-0.25, -0.2) is 4.39 Å². The highest BCUT2D eigenvalue weighted by Gasteiger charge is 2.06. The van der Waals surface area contributed by atoms with Gasteiger partial charge in [0.2, 0.25) is 0 Å². The first-order valence-electron chi connectivity index (χ1n) is 6.41. The van der Waals surface area contributed by atoms with E-state index in [1.807, 2.05) is 36.4 Å². The molecule has 20 heavy (non-hydrogen) atoms. The summed E-state index contributed by atoms with van der Waals surface area (Å²) in [4.78, 5) is 0. The highest BCUT2D eigenvalue weighted by Crippen LogP contribution is 2.17. The molecule has 0 bridgehead atoms. The third-order valence-corrected chi connectivity index (χ3v) is 2.77. The minimum Gasteiger partial charge on any atom is -0.494 e. The Morgan fingerprint density at radius 2 is 1.90 bits per heavy atom.